The number of hydrogen-bond donors (Lipinski definition) is 2. The lowest BCUT2D eigenvalue weighted by Gasteiger charge is -2.15. The number of nitrogens with zero attached hydrogens (tertiary/aromatic N) is 2. The molecule has 1 aliphatic rings. The number of thioether (sulfide) groups is 1. The molecule has 2 aromatic heterocycles. The van der Waals surface area contributed by atoms with Crippen molar-refractivity contribution >= 4 is 54.9 Å². The van der Waals surface area contributed by atoms with Gasteiger partial charge in [0.1, 0.15) is 4.83 Å². The number of amides is 1. The number of rotatable bonds is 6. The first-order chi connectivity index (χ1) is 15.2. The van der Waals surface area contributed by atoms with Crippen LogP contribution in [0.1, 0.15) is 37.1 Å². The van der Waals surface area contributed by atoms with E-state index in [0.29, 0.717) is 17.4 Å². The molecule has 3 N–H and O–H groups in total. The maximum atomic E-state index is 13.2. The lowest BCUT2D eigenvalue weighted by molar-refractivity contribution is -0.115. The van der Waals surface area contributed by atoms with Crippen LogP contribution in [0.25, 0.3) is 10.2 Å². The summed E-state index contributed by atoms with van der Waals surface area (Å²) in [6.07, 6.45) is 4.15. The summed E-state index contributed by atoms with van der Waals surface area (Å²) in [5, 5.41) is 8.60. The second-order valence-corrected chi connectivity index (χ2v) is 11.6. The van der Waals surface area contributed by atoms with Crippen LogP contribution < -0.4 is 16.0 Å². The molecule has 1 unspecified atom stereocenters. The first-order valence-electron chi connectivity index (χ1n) is 10.3. The van der Waals surface area contributed by atoms with E-state index in [0.717, 1.165) is 41.5 Å². The average Bonchev–Trinajstić information content (AvgIpc) is 3.12. The third-order valence-electron chi connectivity index (χ3n) is 5.46. The van der Waals surface area contributed by atoms with Gasteiger partial charge in [0.2, 0.25) is 15.9 Å². The van der Waals surface area contributed by atoms with Gasteiger partial charge in [0.05, 0.1) is 15.5 Å². The maximum Gasteiger partial charge on any atom is 0.263 e. The van der Waals surface area contributed by atoms with E-state index in [1.165, 1.54) is 40.9 Å². The van der Waals surface area contributed by atoms with E-state index in [1.54, 1.807) is 22.8 Å². The van der Waals surface area contributed by atoms with Crippen molar-refractivity contribution in [3.8, 4) is 0 Å². The number of benzene rings is 1. The van der Waals surface area contributed by atoms with E-state index in [1.807, 2.05) is 6.92 Å². The molecular weight excluding hydrogens is 468 g/mol. The molecule has 0 aliphatic heterocycles. The smallest absolute Gasteiger partial charge is 0.263 e. The molecule has 11 heteroatoms. The van der Waals surface area contributed by atoms with E-state index >= 15 is 0 Å². The number of nitrogens with two attached hydrogens (primary N) is 1. The molecule has 170 valence electrons. The highest BCUT2D eigenvalue weighted by molar-refractivity contribution is 8.00. The second kappa shape index (κ2) is 8.97. The molecule has 1 atom stereocenters. The molecule has 1 aromatic carbocycles. The first kappa shape index (κ1) is 23.0. The van der Waals surface area contributed by atoms with Crippen molar-refractivity contribution in [2.75, 3.05) is 5.32 Å². The molecule has 1 aliphatic carbocycles. The monoisotopic (exact) mass is 492 g/mol. The predicted molar refractivity (Wildman–Crippen MR) is 128 cm³/mol. The molecule has 8 nitrogen and oxygen atoms in total. The summed E-state index contributed by atoms with van der Waals surface area (Å²) in [6.45, 7) is 4.11. The number of hydrogen-bond acceptors (Lipinski definition) is 7. The fraction of sp³-hybridized carbons (Fsp3) is 0.381. The van der Waals surface area contributed by atoms with Gasteiger partial charge in [-0.05, 0) is 69.4 Å². The minimum absolute atomic E-state index is 0.0268. The van der Waals surface area contributed by atoms with Crippen LogP contribution in [0.5, 0.6) is 0 Å². The Morgan fingerprint density at radius 2 is 1.97 bits per heavy atom. The summed E-state index contributed by atoms with van der Waals surface area (Å²) in [5.74, 6) is -0.277. The molecule has 0 spiro atoms. The Bertz CT molecular complexity index is 1340. The molecule has 0 radical (unpaired) electrons. The normalized spacial score (nSPS) is 14.8. The van der Waals surface area contributed by atoms with Crippen molar-refractivity contribution in [1.82, 2.24) is 9.55 Å². The highest BCUT2D eigenvalue weighted by Gasteiger charge is 2.24. The van der Waals surface area contributed by atoms with Crippen molar-refractivity contribution in [1.29, 1.82) is 0 Å². The van der Waals surface area contributed by atoms with Gasteiger partial charge in [-0.1, -0.05) is 11.8 Å². The van der Waals surface area contributed by atoms with Gasteiger partial charge in [-0.25, -0.2) is 18.5 Å². The molecule has 32 heavy (non-hydrogen) atoms. The van der Waals surface area contributed by atoms with Crippen LogP contribution >= 0.6 is 23.1 Å². The molecule has 0 fully saturated rings. The molecule has 0 bridgehead atoms. The molecule has 0 saturated heterocycles. The van der Waals surface area contributed by atoms with Crippen LogP contribution in [0.3, 0.4) is 0 Å². The lowest BCUT2D eigenvalue weighted by atomic mass is 9.97. The summed E-state index contributed by atoms with van der Waals surface area (Å²) >= 11 is 2.83. The summed E-state index contributed by atoms with van der Waals surface area (Å²) in [5.41, 5.74) is 1.57. The summed E-state index contributed by atoms with van der Waals surface area (Å²) in [4.78, 5) is 32.7. The highest BCUT2D eigenvalue weighted by Crippen LogP contribution is 2.35. The van der Waals surface area contributed by atoms with E-state index < -0.39 is 15.3 Å². The zero-order valence-corrected chi connectivity index (χ0v) is 20.2. The molecule has 1 amide bonds. The molecule has 4 rings (SSSR count). The zero-order valence-electron chi connectivity index (χ0n) is 17.8. The lowest BCUT2D eigenvalue weighted by Crippen LogP contribution is -2.26. The first-order valence-corrected chi connectivity index (χ1v) is 13.6. The Kier molecular flexibility index (Phi) is 6.44. The number of carbonyl (C=O) groups is 1. The van der Waals surface area contributed by atoms with Crippen molar-refractivity contribution in [3.05, 3.63) is 45.1 Å². The van der Waals surface area contributed by atoms with Crippen molar-refractivity contribution in [3.63, 3.8) is 0 Å². The van der Waals surface area contributed by atoms with Gasteiger partial charge in [0.15, 0.2) is 5.16 Å². The third kappa shape index (κ3) is 4.47. The van der Waals surface area contributed by atoms with E-state index in [4.69, 9.17) is 10.1 Å². The molecule has 2 heterocycles. The molecule has 3 aromatic rings. The number of aryl methyl sites for hydroxylation is 2. The minimum Gasteiger partial charge on any atom is -0.325 e. The van der Waals surface area contributed by atoms with Gasteiger partial charge < -0.3 is 5.32 Å². The quantitative estimate of drug-likeness (QED) is 0.402. The Balaban J connectivity index is 1.57. The number of aromatic nitrogens is 2. The number of nitrogens with one attached hydrogen (secondary N) is 1. The van der Waals surface area contributed by atoms with Crippen LogP contribution in [0.2, 0.25) is 0 Å². The summed E-state index contributed by atoms with van der Waals surface area (Å²) < 4.78 is 24.4. The fourth-order valence-corrected chi connectivity index (χ4v) is 6.56. The van der Waals surface area contributed by atoms with Gasteiger partial charge >= 0.3 is 0 Å². The Labute approximate surface area is 194 Å². The van der Waals surface area contributed by atoms with Crippen LogP contribution in [0.15, 0.2) is 39.1 Å². The number of sulfonamides is 1. The fourth-order valence-electron chi connectivity index (χ4n) is 3.77. The SMILES string of the molecule is CCn1c(SC(C)C(=O)Nc2ccc(S(N)(=O)=O)cc2)nc2sc3c(c2c1=O)CCCC3. The van der Waals surface area contributed by atoms with E-state index in [9.17, 15) is 18.0 Å². The number of carbonyl (C=O) groups excluding carboxylic acids is 1. The van der Waals surface area contributed by atoms with Gasteiger partial charge in [-0.2, -0.15) is 0 Å². The van der Waals surface area contributed by atoms with E-state index in [-0.39, 0.29) is 16.4 Å². The van der Waals surface area contributed by atoms with Crippen molar-refractivity contribution in [2.24, 2.45) is 5.14 Å². The summed E-state index contributed by atoms with van der Waals surface area (Å²) in [6, 6.07) is 5.64. The van der Waals surface area contributed by atoms with Crippen LogP contribution in [0.4, 0.5) is 5.69 Å². The number of anilines is 1. The predicted octanol–water partition coefficient (Wildman–Crippen LogP) is 3.12. The Morgan fingerprint density at radius 3 is 2.62 bits per heavy atom. The van der Waals surface area contributed by atoms with Crippen LogP contribution in [-0.2, 0) is 34.2 Å². The third-order valence-corrected chi connectivity index (χ3v) is 8.66. The van der Waals surface area contributed by atoms with Crippen molar-refractivity contribution < 1.29 is 13.2 Å². The van der Waals surface area contributed by atoms with E-state index in [2.05, 4.69) is 5.32 Å². The van der Waals surface area contributed by atoms with Gasteiger partial charge in [0.25, 0.3) is 5.56 Å². The molecule has 0 saturated carbocycles. The van der Waals surface area contributed by atoms with Gasteiger partial charge in [-0.3, -0.25) is 14.2 Å². The number of fused-ring (bicyclic) bond motifs is 3. The second-order valence-electron chi connectivity index (χ2n) is 7.65. The van der Waals surface area contributed by atoms with Crippen LogP contribution in [0, 0.1) is 0 Å². The largest absolute Gasteiger partial charge is 0.325 e. The Morgan fingerprint density at radius 1 is 1.28 bits per heavy atom. The number of thiophene rings is 1. The topological polar surface area (TPSA) is 124 Å². The van der Waals surface area contributed by atoms with Crippen LogP contribution in [-0.4, -0.2) is 29.1 Å². The highest BCUT2D eigenvalue weighted by atomic mass is 32.2. The Hall–Kier alpha value is -2.21. The minimum atomic E-state index is -3.79. The van der Waals surface area contributed by atoms with Gasteiger partial charge in [0, 0.05) is 17.1 Å². The summed E-state index contributed by atoms with van der Waals surface area (Å²) in [7, 11) is -3.79. The standard InChI is InChI=1S/C21H24N4O4S3/c1-3-25-20(27)17-15-6-4-5-7-16(15)31-19(17)24-21(25)30-12(2)18(26)23-13-8-10-14(11-9-13)32(22,28)29/h8-12H,3-7H2,1-2H3,(H,23,26)(H2,22,28,29). The molecular formula is C21H24N4O4S3. The van der Waals surface area contributed by atoms with Gasteiger partial charge in [-0.15, -0.1) is 11.3 Å². The number of primary sulfonamides is 1. The maximum absolute atomic E-state index is 13.2. The zero-order chi connectivity index (χ0) is 23.0. The van der Waals surface area contributed by atoms with Crippen molar-refractivity contribution in [2.45, 2.75) is 61.4 Å². The average molecular weight is 493 g/mol.